The van der Waals surface area contributed by atoms with E-state index in [4.69, 9.17) is 5.21 Å². The van der Waals surface area contributed by atoms with Crippen molar-refractivity contribution in [3.8, 4) is 0 Å². The van der Waals surface area contributed by atoms with Crippen LogP contribution in [0.3, 0.4) is 0 Å². The van der Waals surface area contributed by atoms with Gasteiger partial charge in [-0.2, -0.15) is 0 Å². The van der Waals surface area contributed by atoms with Crippen LogP contribution in [0.4, 0.5) is 0 Å². The number of benzene rings is 1. The van der Waals surface area contributed by atoms with Crippen molar-refractivity contribution < 1.29 is 14.8 Å². The van der Waals surface area contributed by atoms with Gasteiger partial charge in [0.1, 0.15) is 0 Å². The summed E-state index contributed by atoms with van der Waals surface area (Å²) >= 11 is 0. The van der Waals surface area contributed by atoms with Crippen LogP contribution in [0.25, 0.3) is 0 Å². The van der Waals surface area contributed by atoms with Crippen LogP contribution in [-0.2, 0) is 18.5 Å². The molecule has 0 saturated heterocycles. The van der Waals surface area contributed by atoms with E-state index in [1.165, 1.54) is 5.56 Å². The molecule has 0 radical (unpaired) electrons. The maximum Gasteiger partial charge on any atom is 0.276 e. The lowest BCUT2D eigenvalue weighted by molar-refractivity contribution is 0.0702. The molecule has 0 bridgehead atoms. The number of carbonyl (C=O) groups excluding carboxylic acids is 2. The molecule has 2 N–H and O–H groups in total. The van der Waals surface area contributed by atoms with Gasteiger partial charge in [0.05, 0.1) is 12.1 Å². The highest BCUT2D eigenvalue weighted by atomic mass is 16.5. The fraction of sp³-hybridized carbons (Fsp3) is 0.368. The van der Waals surface area contributed by atoms with Gasteiger partial charge in [-0.15, -0.1) is 0 Å². The monoisotopic (exact) mass is 341 g/mol. The molecular formula is C19H23N3O3. The molecule has 0 atom stereocenters. The molecule has 2 heterocycles. The smallest absolute Gasteiger partial charge is 0.276 e. The predicted molar refractivity (Wildman–Crippen MR) is 93.6 cm³/mol. The average Bonchev–Trinajstić information content (AvgIpc) is 3.03. The molecule has 6 heteroatoms. The van der Waals surface area contributed by atoms with Crippen molar-refractivity contribution >= 4 is 11.8 Å². The molecule has 0 saturated carbocycles. The fourth-order valence-electron chi connectivity index (χ4n) is 3.06. The molecule has 2 amide bonds. The number of nitrogens with one attached hydrogen (secondary N) is 1. The maximum absolute atomic E-state index is 12.8. The van der Waals surface area contributed by atoms with Crippen LogP contribution in [0.15, 0.2) is 36.5 Å². The third-order valence-corrected chi connectivity index (χ3v) is 4.60. The largest absolute Gasteiger partial charge is 0.347 e. The molecule has 1 aliphatic heterocycles. The third-order valence-electron chi connectivity index (χ3n) is 4.60. The molecule has 6 nitrogen and oxygen atoms in total. The van der Waals surface area contributed by atoms with Gasteiger partial charge < -0.3 is 9.47 Å². The summed E-state index contributed by atoms with van der Waals surface area (Å²) in [5, 5.41) is 8.74. The predicted octanol–water partition coefficient (Wildman–Crippen LogP) is 2.56. The van der Waals surface area contributed by atoms with Gasteiger partial charge >= 0.3 is 0 Å². The standard InChI is InChI=1S/C19H23N3O3/c1-19(2,3)15-6-4-13(5-7-15)18(24)22-9-8-21-11-14(17(23)20-25)10-16(21)12-22/h4-7,10-11,25H,8-9,12H2,1-3H3,(H,20,23). The van der Waals surface area contributed by atoms with Crippen molar-refractivity contribution in [1.29, 1.82) is 0 Å². The summed E-state index contributed by atoms with van der Waals surface area (Å²) in [6, 6.07) is 9.46. The number of rotatable bonds is 2. The second kappa shape index (κ2) is 6.37. The molecule has 25 heavy (non-hydrogen) atoms. The van der Waals surface area contributed by atoms with Gasteiger partial charge in [0, 0.05) is 30.5 Å². The first kappa shape index (κ1) is 17.2. The van der Waals surface area contributed by atoms with Crippen LogP contribution in [0.5, 0.6) is 0 Å². The minimum absolute atomic E-state index is 0.0129. The van der Waals surface area contributed by atoms with E-state index in [0.29, 0.717) is 30.8 Å². The maximum atomic E-state index is 12.8. The molecule has 2 aromatic rings. The first-order valence-electron chi connectivity index (χ1n) is 8.33. The van der Waals surface area contributed by atoms with Crippen LogP contribution in [0.2, 0.25) is 0 Å². The van der Waals surface area contributed by atoms with Crippen molar-refractivity contribution in [2.45, 2.75) is 39.3 Å². The molecule has 1 aromatic heterocycles. The van der Waals surface area contributed by atoms with E-state index in [-0.39, 0.29) is 11.3 Å². The summed E-state index contributed by atoms with van der Waals surface area (Å²) in [5.74, 6) is -0.557. The number of carbonyl (C=O) groups is 2. The summed E-state index contributed by atoms with van der Waals surface area (Å²) < 4.78 is 1.94. The van der Waals surface area contributed by atoms with Crippen molar-refractivity contribution in [3.63, 3.8) is 0 Å². The summed E-state index contributed by atoms with van der Waals surface area (Å²) in [6.07, 6.45) is 1.70. The third kappa shape index (κ3) is 3.44. The van der Waals surface area contributed by atoms with Crippen LogP contribution in [0.1, 0.15) is 52.7 Å². The Morgan fingerprint density at radius 1 is 1.08 bits per heavy atom. The topological polar surface area (TPSA) is 74.6 Å². The summed E-state index contributed by atoms with van der Waals surface area (Å²) in [6.45, 7) is 8.08. The van der Waals surface area contributed by atoms with Crippen LogP contribution in [0, 0.1) is 0 Å². The lowest BCUT2D eigenvalue weighted by Gasteiger charge is -2.29. The molecule has 1 aliphatic rings. The van der Waals surface area contributed by atoms with Crippen molar-refractivity contribution in [3.05, 3.63) is 58.9 Å². The van der Waals surface area contributed by atoms with Crippen molar-refractivity contribution in [2.24, 2.45) is 0 Å². The van der Waals surface area contributed by atoms with Crippen LogP contribution < -0.4 is 5.48 Å². The number of amides is 2. The molecule has 1 aromatic carbocycles. The van der Waals surface area contributed by atoms with E-state index in [1.54, 1.807) is 22.6 Å². The number of fused-ring (bicyclic) bond motifs is 1. The second-order valence-electron chi connectivity index (χ2n) is 7.41. The first-order chi connectivity index (χ1) is 11.8. The zero-order valence-corrected chi connectivity index (χ0v) is 14.7. The van der Waals surface area contributed by atoms with Gasteiger partial charge in [-0.1, -0.05) is 32.9 Å². The quantitative estimate of drug-likeness (QED) is 0.651. The number of aromatic nitrogens is 1. The van der Waals surface area contributed by atoms with E-state index < -0.39 is 5.91 Å². The van der Waals surface area contributed by atoms with Gasteiger partial charge in [-0.3, -0.25) is 14.8 Å². The Morgan fingerprint density at radius 3 is 2.36 bits per heavy atom. The molecule has 3 rings (SSSR count). The lowest BCUT2D eigenvalue weighted by atomic mass is 9.86. The summed E-state index contributed by atoms with van der Waals surface area (Å²) in [7, 11) is 0. The van der Waals surface area contributed by atoms with E-state index in [0.717, 1.165) is 5.69 Å². The van der Waals surface area contributed by atoms with Gasteiger partial charge in [-0.05, 0) is 29.2 Å². The molecule has 132 valence electrons. The SMILES string of the molecule is CC(C)(C)c1ccc(C(=O)N2CCn3cc(C(=O)NO)cc3C2)cc1. The highest BCUT2D eigenvalue weighted by Gasteiger charge is 2.24. The number of nitrogens with zero attached hydrogens (tertiary/aromatic N) is 2. The molecular weight excluding hydrogens is 318 g/mol. The molecule has 0 aliphatic carbocycles. The number of hydrogen-bond donors (Lipinski definition) is 2. The van der Waals surface area contributed by atoms with E-state index in [9.17, 15) is 9.59 Å². The molecule has 0 fully saturated rings. The highest BCUT2D eigenvalue weighted by Crippen LogP contribution is 2.23. The Bertz CT molecular complexity index is 800. The lowest BCUT2D eigenvalue weighted by Crippen LogP contribution is -2.37. The van der Waals surface area contributed by atoms with Gasteiger partial charge in [0.2, 0.25) is 0 Å². The molecule has 0 unspecified atom stereocenters. The van der Waals surface area contributed by atoms with Crippen molar-refractivity contribution in [2.75, 3.05) is 6.54 Å². The van der Waals surface area contributed by atoms with Crippen LogP contribution in [-0.4, -0.2) is 33.0 Å². The Balaban J connectivity index is 1.76. The summed E-state index contributed by atoms with van der Waals surface area (Å²) in [5.41, 5.74) is 4.82. The Morgan fingerprint density at radius 2 is 1.76 bits per heavy atom. The van der Waals surface area contributed by atoms with Gasteiger partial charge in [0.25, 0.3) is 11.8 Å². The highest BCUT2D eigenvalue weighted by molar-refractivity contribution is 5.95. The van der Waals surface area contributed by atoms with Gasteiger partial charge in [-0.25, -0.2) is 5.48 Å². The van der Waals surface area contributed by atoms with Crippen molar-refractivity contribution in [1.82, 2.24) is 14.9 Å². The fourth-order valence-corrected chi connectivity index (χ4v) is 3.06. The normalized spacial score (nSPS) is 14.2. The summed E-state index contributed by atoms with van der Waals surface area (Å²) in [4.78, 5) is 26.1. The van der Waals surface area contributed by atoms with Crippen LogP contribution >= 0.6 is 0 Å². The average molecular weight is 341 g/mol. The van der Waals surface area contributed by atoms with E-state index in [2.05, 4.69) is 20.8 Å². The van der Waals surface area contributed by atoms with Gasteiger partial charge in [0.15, 0.2) is 0 Å². The number of hydroxylamine groups is 1. The molecule has 0 spiro atoms. The first-order valence-corrected chi connectivity index (χ1v) is 8.33. The minimum atomic E-state index is -0.544. The zero-order chi connectivity index (χ0) is 18.2. The van der Waals surface area contributed by atoms with E-state index in [1.807, 2.05) is 28.8 Å². The Labute approximate surface area is 147 Å². The number of hydrogen-bond acceptors (Lipinski definition) is 3. The zero-order valence-electron chi connectivity index (χ0n) is 14.7. The van der Waals surface area contributed by atoms with E-state index >= 15 is 0 Å². The second-order valence-corrected chi connectivity index (χ2v) is 7.41. The Kier molecular flexibility index (Phi) is 4.39. The minimum Gasteiger partial charge on any atom is -0.347 e. The Hall–Kier alpha value is -2.60.